The molecule has 0 saturated heterocycles. The summed E-state index contributed by atoms with van der Waals surface area (Å²) in [6, 6.07) is 17.3. The summed E-state index contributed by atoms with van der Waals surface area (Å²) in [5, 5.41) is 0. The maximum atomic E-state index is 12.0. The molecule has 0 aliphatic carbocycles. The molecule has 0 spiro atoms. The van der Waals surface area contributed by atoms with Crippen LogP contribution in [0.1, 0.15) is 15.9 Å². The predicted molar refractivity (Wildman–Crippen MR) is 62.9 cm³/mol. The minimum atomic E-state index is 0.0245. The Hall–Kier alpha value is -1.41. The smallest absolute Gasteiger partial charge is 0.194 e. The number of carbonyl (C=O) groups excluding carboxylic acids is 1. The molecule has 0 aliphatic rings. The molecule has 15 heavy (non-hydrogen) atoms. The van der Waals surface area contributed by atoms with E-state index >= 15 is 0 Å². The molecule has 0 fully saturated rings. The van der Waals surface area contributed by atoms with Gasteiger partial charge in [-0.25, -0.2) is 0 Å². The third-order valence-electron chi connectivity index (χ3n) is 2.10. The first kappa shape index (κ1) is 10.1. The Kier molecular flexibility index (Phi) is 2.97. The summed E-state index contributed by atoms with van der Waals surface area (Å²) in [7, 11) is 0. The second-order valence-corrected chi connectivity index (χ2v) is 3.95. The molecule has 0 aromatic heterocycles. The fraction of sp³-hybridized carbons (Fsp3) is 0. The van der Waals surface area contributed by atoms with Gasteiger partial charge in [-0.05, 0) is 18.2 Å². The van der Waals surface area contributed by atoms with Crippen LogP contribution in [0, 0.1) is 6.07 Å². The molecule has 2 rings (SSSR count). The van der Waals surface area contributed by atoms with Crippen LogP contribution in [0.5, 0.6) is 0 Å². The van der Waals surface area contributed by atoms with Gasteiger partial charge in [0.05, 0.1) is 0 Å². The van der Waals surface area contributed by atoms with Gasteiger partial charge in [-0.15, -0.1) is 0 Å². The van der Waals surface area contributed by atoms with E-state index in [0.29, 0.717) is 11.1 Å². The molecule has 73 valence electrons. The standard InChI is InChI=1S/C13H8BrO/c14-12-9-5-4-8-11(12)13(15)10-6-2-1-3-7-10/h2-9H. The molecular formula is C13H8BrO. The highest BCUT2D eigenvalue weighted by molar-refractivity contribution is 9.10. The van der Waals surface area contributed by atoms with Crippen LogP contribution in [0.3, 0.4) is 0 Å². The Labute approximate surface area is 96.9 Å². The van der Waals surface area contributed by atoms with E-state index in [1.54, 1.807) is 24.3 Å². The number of ketones is 1. The van der Waals surface area contributed by atoms with Gasteiger partial charge < -0.3 is 0 Å². The van der Waals surface area contributed by atoms with Crippen molar-refractivity contribution in [2.45, 2.75) is 0 Å². The van der Waals surface area contributed by atoms with Gasteiger partial charge >= 0.3 is 0 Å². The first-order valence-electron chi connectivity index (χ1n) is 4.54. The van der Waals surface area contributed by atoms with Crippen LogP contribution in [0.4, 0.5) is 0 Å². The van der Waals surface area contributed by atoms with Crippen molar-refractivity contribution in [1.82, 2.24) is 0 Å². The second-order valence-electron chi connectivity index (χ2n) is 3.10. The Morgan fingerprint density at radius 1 is 1.07 bits per heavy atom. The topological polar surface area (TPSA) is 17.1 Å². The fourth-order valence-electron chi connectivity index (χ4n) is 1.34. The molecule has 0 unspecified atom stereocenters. The number of carbonyl (C=O) groups is 1. The van der Waals surface area contributed by atoms with Crippen molar-refractivity contribution in [2.75, 3.05) is 0 Å². The van der Waals surface area contributed by atoms with Gasteiger partial charge in [0.25, 0.3) is 0 Å². The molecule has 1 nitrogen and oxygen atoms in total. The van der Waals surface area contributed by atoms with Gasteiger partial charge in [0.15, 0.2) is 5.78 Å². The van der Waals surface area contributed by atoms with Crippen LogP contribution < -0.4 is 0 Å². The number of hydrogen-bond acceptors (Lipinski definition) is 1. The van der Waals surface area contributed by atoms with Crippen LogP contribution in [0.2, 0.25) is 0 Å². The molecule has 1 radical (unpaired) electrons. The monoisotopic (exact) mass is 259 g/mol. The second kappa shape index (κ2) is 4.41. The van der Waals surface area contributed by atoms with Crippen molar-refractivity contribution >= 4 is 21.7 Å². The van der Waals surface area contributed by atoms with E-state index in [1.807, 2.05) is 24.3 Å². The van der Waals surface area contributed by atoms with E-state index in [-0.39, 0.29) is 5.78 Å². The third kappa shape index (κ3) is 2.16. The Bertz CT molecular complexity index is 477. The molecule has 2 aromatic rings. The zero-order chi connectivity index (χ0) is 10.7. The van der Waals surface area contributed by atoms with Crippen molar-refractivity contribution in [2.24, 2.45) is 0 Å². The summed E-state index contributed by atoms with van der Waals surface area (Å²) in [6.45, 7) is 0. The van der Waals surface area contributed by atoms with E-state index in [0.717, 1.165) is 4.47 Å². The minimum absolute atomic E-state index is 0.0245. The maximum absolute atomic E-state index is 12.0. The van der Waals surface area contributed by atoms with Crippen LogP contribution in [-0.4, -0.2) is 5.78 Å². The van der Waals surface area contributed by atoms with Crippen LogP contribution >= 0.6 is 15.9 Å². The zero-order valence-corrected chi connectivity index (χ0v) is 9.49. The molecule has 0 aliphatic heterocycles. The molecule has 0 amide bonds. The SMILES string of the molecule is O=C(c1cc[c]cc1)c1ccccc1Br. The largest absolute Gasteiger partial charge is 0.289 e. The van der Waals surface area contributed by atoms with Crippen molar-refractivity contribution in [3.8, 4) is 0 Å². The number of benzene rings is 2. The average molecular weight is 260 g/mol. The van der Waals surface area contributed by atoms with Crippen molar-refractivity contribution in [3.05, 3.63) is 70.2 Å². The number of rotatable bonds is 2. The molecule has 0 atom stereocenters. The minimum Gasteiger partial charge on any atom is -0.289 e. The quantitative estimate of drug-likeness (QED) is 0.755. The maximum Gasteiger partial charge on any atom is 0.194 e. The summed E-state index contributed by atoms with van der Waals surface area (Å²) in [4.78, 5) is 12.0. The molecule has 2 heteroatoms. The number of halogens is 1. The van der Waals surface area contributed by atoms with Crippen molar-refractivity contribution in [3.63, 3.8) is 0 Å². The van der Waals surface area contributed by atoms with Crippen molar-refractivity contribution in [1.29, 1.82) is 0 Å². The lowest BCUT2D eigenvalue weighted by molar-refractivity contribution is 0.103. The summed E-state index contributed by atoms with van der Waals surface area (Å²) < 4.78 is 0.822. The highest BCUT2D eigenvalue weighted by Gasteiger charge is 2.10. The Morgan fingerprint density at radius 3 is 2.40 bits per heavy atom. The van der Waals surface area contributed by atoms with E-state index in [9.17, 15) is 4.79 Å². The van der Waals surface area contributed by atoms with Gasteiger partial charge in [-0.3, -0.25) is 4.79 Å². The van der Waals surface area contributed by atoms with Gasteiger partial charge in [-0.2, -0.15) is 0 Å². The van der Waals surface area contributed by atoms with Crippen LogP contribution in [-0.2, 0) is 0 Å². The highest BCUT2D eigenvalue weighted by atomic mass is 79.9. The Balaban J connectivity index is 2.42. The van der Waals surface area contributed by atoms with Gasteiger partial charge in [0, 0.05) is 15.6 Å². The molecule has 0 heterocycles. The third-order valence-corrected chi connectivity index (χ3v) is 2.79. The summed E-state index contributed by atoms with van der Waals surface area (Å²) in [5.41, 5.74) is 1.37. The molecule has 0 bridgehead atoms. The van der Waals surface area contributed by atoms with E-state index in [4.69, 9.17) is 0 Å². The fourth-order valence-corrected chi connectivity index (χ4v) is 1.80. The molecule has 0 saturated carbocycles. The normalized spacial score (nSPS) is 9.93. The van der Waals surface area contributed by atoms with Crippen LogP contribution in [0.15, 0.2) is 53.0 Å². The number of hydrogen-bond donors (Lipinski definition) is 0. The summed E-state index contributed by atoms with van der Waals surface area (Å²) in [6.07, 6.45) is 0. The highest BCUT2D eigenvalue weighted by Crippen LogP contribution is 2.19. The van der Waals surface area contributed by atoms with E-state index in [2.05, 4.69) is 22.0 Å². The lowest BCUT2D eigenvalue weighted by Crippen LogP contribution is -2.01. The predicted octanol–water partition coefficient (Wildman–Crippen LogP) is 3.48. The van der Waals surface area contributed by atoms with Crippen molar-refractivity contribution < 1.29 is 4.79 Å². The van der Waals surface area contributed by atoms with E-state index in [1.165, 1.54) is 0 Å². The van der Waals surface area contributed by atoms with Gasteiger partial charge in [0.1, 0.15) is 0 Å². The molecule has 2 aromatic carbocycles. The summed E-state index contributed by atoms with van der Waals surface area (Å²) in [5.74, 6) is 0.0245. The first-order valence-corrected chi connectivity index (χ1v) is 5.33. The lowest BCUT2D eigenvalue weighted by Gasteiger charge is -2.02. The zero-order valence-electron chi connectivity index (χ0n) is 7.91. The average Bonchev–Trinajstić information content (AvgIpc) is 2.30. The first-order chi connectivity index (χ1) is 7.29. The van der Waals surface area contributed by atoms with Gasteiger partial charge in [-0.1, -0.05) is 52.3 Å². The van der Waals surface area contributed by atoms with Crippen LogP contribution in [0.25, 0.3) is 0 Å². The van der Waals surface area contributed by atoms with Gasteiger partial charge in [0.2, 0.25) is 0 Å². The summed E-state index contributed by atoms with van der Waals surface area (Å²) >= 11 is 3.37. The lowest BCUT2D eigenvalue weighted by atomic mass is 10.0. The Morgan fingerprint density at radius 2 is 1.73 bits per heavy atom. The van der Waals surface area contributed by atoms with E-state index < -0.39 is 0 Å². The molecule has 0 N–H and O–H groups in total. The molecular weight excluding hydrogens is 252 g/mol.